The molecule has 15 heavy (non-hydrogen) atoms. The molecule has 3 nitrogen and oxygen atoms in total. The third-order valence-corrected chi connectivity index (χ3v) is 2.84. The Hall–Kier alpha value is -0.450. The zero-order valence-corrected chi connectivity index (χ0v) is 10.1. The van der Waals surface area contributed by atoms with E-state index in [0.717, 1.165) is 29.6 Å². The Morgan fingerprint density at radius 1 is 1.53 bits per heavy atom. The van der Waals surface area contributed by atoms with Crippen molar-refractivity contribution in [2.75, 3.05) is 13.2 Å². The third-order valence-electron chi connectivity index (χ3n) is 2.37. The van der Waals surface area contributed by atoms with Crippen molar-refractivity contribution in [1.82, 2.24) is 4.98 Å². The summed E-state index contributed by atoms with van der Waals surface area (Å²) < 4.78 is 12.0. The van der Waals surface area contributed by atoms with Crippen molar-refractivity contribution in [3.8, 4) is 0 Å². The number of nitrogens with zero attached hydrogens (tertiary/aromatic N) is 1. The number of halogens is 1. The minimum atomic E-state index is 0.292. The van der Waals surface area contributed by atoms with Crippen LogP contribution < -0.4 is 0 Å². The molecule has 1 fully saturated rings. The molecule has 0 spiro atoms. The van der Waals surface area contributed by atoms with E-state index < -0.39 is 0 Å². The third kappa shape index (κ3) is 3.55. The van der Waals surface area contributed by atoms with E-state index in [-0.39, 0.29) is 0 Å². The molecular formula is C11H14BrNO2. The van der Waals surface area contributed by atoms with Gasteiger partial charge in [0.1, 0.15) is 0 Å². The predicted octanol–water partition coefficient (Wildman–Crippen LogP) is 2.54. The lowest BCUT2D eigenvalue weighted by Gasteiger charge is -2.09. The molecule has 1 saturated heterocycles. The van der Waals surface area contributed by atoms with Crippen molar-refractivity contribution in [1.29, 1.82) is 0 Å². The minimum Gasteiger partial charge on any atom is -0.376 e. The topological polar surface area (TPSA) is 31.4 Å². The smallest absolute Gasteiger partial charge is 0.0889 e. The van der Waals surface area contributed by atoms with Crippen LogP contribution in [0.5, 0.6) is 0 Å². The molecule has 2 rings (SSSR count). The van der Waals surface area contributed by atoms with E-state index >= 15 is 0 Å². The summed E-state index contributed by atoms with van der Waals surface area (Å²) in [6, 6.07) is 3.93. The van der Waals surface area contributed by atoms with Crippen molar-refractivity contribution < 1.29 is 9.47 Å². The maximum atomic E-state index is 5.54. The Kier molecular flexibility index (Phi) is 4.11. The first-order valence-electron chi connectivity index (χ1n) is 5.14. The summed E-state index contributed by atoms with van der Waals surface area (Å²) in [5, 5.41) is 0. The van der Waals surface area contributed by atoms with Crippen LogP contribution in [-0.2, 0) is 16.1 Å². The molecule has 4 heteroatoms. The fourth-order valence-electron chi connectivity index (χ4n) is 1.56. The molecule has 1 atom stereocenters. The quantitative estimate of drug-likeness (QED) is 0.844. The number of pyridine rings is 1. The summed E-state index contributed by atoms with van der Waals surface area (Å²) in [6.07, 6.45) is 4.35. The Morgan fingerprint density at radius 3 is 3.13 bits per heavy atom. The summed E-state index contributed by atoms with van der Waals surface area (Å²) >= 11 is 3.34. The summed E-state index contributed by atoms with van der Waals surface area (Å²) in [4.78, 5) is 4.23. The Bertz CT molecular complexity index is 296. The zero-order valence-electron chi connectivity index (χ0n) is 8.49. The van der Waals surface area contributed by atoms with Gasteiger partial charge in [-0.15, -0.1) is 0 Å². The fraction of sp³-hybridized carbons (Fsp3) is 0.545. The Morgan fingerprint density at radius 2 is 2.47 bits per heavy atom. The Balaban J connectivity index is 1.71. The summed E-state index contributed by atoms with van der Waals surface area (Å²) in [7, 11) is 0. The first-order valence-corrected chi connectivity index (χ1v) is 5.93. The van der Waals surface area contributed by atoms with Gasteiger partial charge in [-0.05, 0) is 40.9 Å². The average Bonchev–Trinajstić information content (AvgIpc) is 2.74. The van der Waals surface area contributed by atoms with Crippen LogP contribution in [-0.4, -0.2) is 24.3 Å². The minimum absolute atomic E-state index is 0.292. The number of ether oxygens (including phenoxy) is 2. The molecule has 0 N–H and O–H groups in total. The first kappa shape index (κ1) is 11.0. The number of rotatable bonds is 4. The molecule has 0 aliphatic carbocycles. The molecule has 0 saturated carbocycles. The molecule has 2 heterocycles. The van der Waals surface area contributed by atoms with Crippen LogP contribution in [0.2, 0.25) is 0 Å². The van der Waals surface area contributed by atoms with Gasteiger partial charge in [0.15, 0.2) is 0 Å². The van der Waals surface area contributed by atoms with Gasteiger partial charge >= 0.3 is 0 Å². The molecule has 0 amide bonds. The van der Waals surface area contributed by atoms with Crippen molar-refractivity contribution >= 4 is 15.9 Å². The van der Waals surface area contributed by atoms with E-state index in [1.807, 2.05) is 12.1 Å². The van der Waals surface area contributed by atoms with E-state index in [1.54, 1.807) is 6.20 Å². The van der Waals surface area contributed by atoms with Crippen LogP contribution >= 0.6 is 15.9 Å². The van der Waals surface area contributed by atoms with Crippen LogP contribution in [0.1, 0.15) is 18.5 Å². The highest BCUT2D eigenvalue weighted by atomic mass is 79.9. The van der Waals surface area contributed by atoms with Crippen LogP contribution in [0.15, 0.2) is 22.8 Å². The van der Waals surface area contributed by atoms with E-state index in [0.29, 0.717) is 19.3 Å². The molecule has 0 radical (unpaired) electrons. The second-order valence-electron chi connectivity index (χ2n) is 3.62. The van der Waals surface area contributed by atoms with Gasteiger partial charge in [-0.1, -0.05) is 0 Å². The highest BCUT2D eigenvalue weighted by molar-refractivity contribution is 9.10. The number of hydrogen-bond donors (Lipinski definition) is 0. The van der Waals surface area contributed by atoms with Gasteiger partial charge in [0.2, 0.25) is 0 Å². The molecule has 0 bridgehead atoms. The second kappa shape index (κ2) is 5.58. The molecular weight excluding hydrogens is 258 g/mol. The monoisotopic (exact) mass is 271 g/mol. The zero-order chi connectivity index (χ0) is 10.5. The lowest BCUT2D eigenvalue weighted by atomic mass is 10.2. The van der Waals surface area contributed by atoms with Gasteiger partial charge in [0, 0.05) is 17.3 Å². The van der Waals surface area contributed by atoms with E-state index in [2.05, 4.69) is 20.9 Å². The van der Waals surface area contributed by atoms with Gasteiger partial charge < -0.3 is 9.47 Å². The van der Waals surface area contributed by atoms with Crippen molar-refractivity contribution in [2.24, 2.45) is 0 Å². The highest BCUT2D eigenvalue weighted by Crippen LogP contribution is 2.13. The largest absolute Gasteiger partial charge is 0.376 e. The van der Waals surface area contributed by atoms with Crippen LogP contribution in [0.25, 0.3) is 0 Å². The van der Waals surface area contributed by atoms with Gasteiger partial charge in [-0.25, -0.2) is 0 Å². The molecule has 0 aromatic carbocycles. The normalized spacial score (nSPS) is 20.7. The lowest BCUT2D eigenvalue weighted by molar-refractivity contribution is 0.00965. The number of hydrogen-bond acceptors (Lipinski definition) is 3. The van der Waals surface area contributed by atoms with E-state index in [9.17, 15) is 0 Å². The lowest BCUT2D eigenvalue weighted by Crippen LogP contribution is -2.14. The first-order chi connectivity index (χ1) is 7.34. The van der Waals surface area contributed by atoms with Crippen LogP contribution in [0.4, 0.5) is 0 Å². The van der Waals surface area contributed by atoms with Gasteiger partial charge in [0.05, 0.1) is 25.0 Å². The molecule has 82 valence electrons. The maximum Gasteiger partial charge on any atom is 0.0889 e. The van der Waals surface area contributed by atoms with Gasteiger partial charge in [-0.2, -0.15) is 0 Å². The van der Waals surface area contributed by atoms with E-state index in [1.165, 1.54) is 0 Å². The van der Waals surface area contributed by atoms with Crippen molar-refractivity contribution in [3.63, 3.8) is 0 Å². The second-order valence-corrected chi connectivity index (χ2v) is 4.53. The molecule has 1 aromatic heterocycles. The van der Waals surface area contributed by atoms with E-state index in [4.69, 9.17) is 9.47 Å². The van der Waals surface area contributed by atoms with Crippen LogP contribution in [0.3, 0.4) is 0 Å². The molecule has 1 aliphatic rings. The van der Waals surface area contributed by atoms with Gasteiger partial charge in [-0.3, -0.25) is 4.98 Å². The summed E-state index contributed by atoms with van der Waals surface area (Å²) in [6.45, 7) is 2.12. The molecule has 1 aromatic rings. The maximum absolute atomic E-state index is 5.54. The highest BCUT2D eigenvalue weighted by Gasteiger charge is 2.15. The predicted molar refractivity (Wildman–Crippen MR) is 60.6 cm³/mol. The summed E-state index contributed by atoms with van der Waals surface area (Å²) in [5.74, 6) is 0. The van der Waals surface area contributed by atoms with Crippen molar-refractivity contribution in [3.05, 3.63) is 28.5 Å². The van der Waals surface area contributed by atoms with Crippen LogP contribution in [0, 0.1) is 0 Å². The average molecular weight is 272 g/mol. The molecule has 1 aliphatic heterocycles. The SMILES string of the molecule is Brc1ccc(COCC2CCCO2)nc1. The van der Waals surface area contributed by atoms with Crippen molar-refractivity contribution in [2.45, 2.75) is 25.6 Å². The Labute approximate surface area is 97.9 Å². The molecule has 1 unspecified atom stereocenters. The van der Waals surface area contributed by atoms with Gasteiger partial charge in [0.25, 0.3) is 0 Å². The number of aromatic nitrogens is 1. The fourth-order valence-corrected chi connectivity index (χ4v) is 1.80. The standard InChI is InChI=1S/C11H14BrNO2/c12-9-3-4-10(13-6-9)7-14-8-11-2-1-5-15-11/h3-4,6,11H,1-2,5,7-8H2. The summed E-state index contributed by atoms with van der Waals surface area (Å²) in [5.41, 5.74) is 0.955.